The van der Waals surface area contributed by atoms with E-state index >= 15 is 0 Å². The molecule has 31 heavy (non-hydrogen) atoms. The first kappa shape index (κ1) is 21.6. The van der Waals surface area contributed by atoms with E-state index in [9.17, 15) is 19.7 Å². The molecule has 1 heterocycles. The van der Waals surface area contributed by atoms with Crippen LogP contribution in [-0.2, 0) is 29.1 Å². The van der Waals surface area contributed by atoms with Gasteiger partial charge < -0.3 is 19.8 Å². The van der Waals surface area contributed by atoms with Crippen molar-refractivity contribution in [1.29, 1.82) is 0 Å². The summed E-state index contributed by atoms with van der Waals surface area (Å²) in [5, 5.41) is 16.1. The van der Waals surface area contributed by atoms with Gasteiger partial charge in [0, 0.05) is 18.6 Å². The number of carbonyl (C=O) groups is 2. The van der Waals surface area contributed by atoms with Crippen LogP contribution < -0.4 is 10.6 Å². The van der Waals surface area contributed by atoms with Crippen LogP contribution in [0.2, 0.25) is 0 Å². The van der Waals surface area contributed by atoms with Gasteiger partial charge in [-0.1, -0.05) is 42.5 Å². The zero-order chi connectivity index (χ0) is 22.1. The van der Waals surface area contributed by atoms with Crippen LogP contribution in [0.15, 0.2) is 77.4 Å². The second kappa shape index (κ2) is 10.6. The molecule has 0 unspecified atom stereocenters. The number of benzene rings is 2. The van der Waals surface area contributed by atoms with Gasteiger partial charge in [0.1, 0.15) is 18.4 Å². The van der Waals surface area contributed by atoms with Crippen molar-refractivity contribution < 1.29 is 23.7 Å². The molecule has 0 spiro atoms. The fourth-order valence-corrected chi connectivity index (χ4v) is 2.82. The molecule has 0 aliphatic heterocycles. The number of nitrogens with one attached hydrogen (secondary N) is 2. The molecule has 1 atom stereocenters. The Labute approximate surface area is 178 Å². The van der Waals surface area contributed by atoms with E-state index < -0.39 is 23.0 Å². The van der Waals surface area contributed by atoms with Crippen LogP contribution in [0.25, 0.3) is 0 Å². The van der Waals surface area contributed by atoms with Crippen LogP contribution >= 0.6 is 0 Å². The lowest BCUT2D eigenvalue weighted by molar-refractivity contribution is -0.384. The minimum Gasteiger partial charge on any atom is -0.467 e. The van der Waals surface area contributed by atoms with Crippen molar-refractivity contribution in [3.63, 3.8) is 0 Å². The van der Waals surface area contributed by atoms with Gasteiger partial charge in [-0.2, -0.15) is 0 Å². The van der Waals surface area contributed by atoms with Crippen molar-refractivity contribution in [2.24, 2.45) is 0 Å². The molecular formula is C22H21N3O6. The third kappa shape index (κ3) is 6.70. The number of nitro benzene ring substituents is 1. The van der Waals surface area contributed by atoms with Crippen LogP contribution in [0, 0.1) is 10.1 Å². The predicted octanol–water partition coefficient (Wildman–Crippen LogP) is 3.34. The molecule has 9 heteroatoms. The molecular weight excluding hydrogens is 402 g/mol. The molecule has 9 nitrogen and oxygen atoms in total. The smallest absolute Gasteiger partial charge is 0.408 e. The lowest BCUT2D eigenvalue weighted by Gasteiger charge is -2.18. The monoisotopic (exact) mass is 423 g/mol. The van der Waals surface area contributed by atoms with Gasteiger partial charge in [0.15, 0.2) is 0 Å². The number of hydrogen-bond acceptors (Lipinski definition) is 6. The van der Waals surface area contributed by atoms with E-state index in [1.54, 1.807) is 24.3 Å². The number of carbonyl (C=O) groups excluding carboxylic acids is 2. The van der Waals surface area contributed by atoms with Crippen molar-refractivity contribution in [2.75, 3.05) is 0 Å². The molecule has 0 aliphatic rings. The zero-order valence-electron chi connectivity index (χ0n) is 16.5. The number of alkyl carbamates (subject to hydrolysis) is 1. The third-order valence-corrected chi connectivity index (χ3v) is 4.43. The number of non-ortho nitro benzene ring substituents is 1. The van der Waals surface area contributed by atoms with Crippen molar-refractivity contribution in [3.8, 4) is 0 Å². The Morgan fingerprint density at radius 2 is 1.74 bits per heavy atom. The highest BCUT2D eigenvalue weighted by atomic mass is 16.6. The summed E-state index contributed by atoms with van der Waals surface area (Å²) in [4.78, 5) is 35.3. The molecule has 0 aliphatic carbocycles. The quantitative estimate of drug-likeness (QED) is 0.402. The minimum absolute atomic E-state index is 0.0576. The molecule has 160 valence electrons. The van der Waals surface area contributed by atoms with Crippen LogP contribution in [-0.4, -0.2) is 23.0 Å². The molecule has 2 amide bonds. The second-order valence-corrected chi connectivity index (χ2v) is 6.68. The van der Waals surface area contributed by atoms with Crippen molar-refractivity contribution in [1.82, 2.24) is 10.6 Å². The fraction of sp³-hybridized carbons (Fsp3) is 0.182. The Morgan fingerprint density at radius 1 is 1.00 bits per heavy atom. The Hall–Kier alpha value is -4.14. The average Bonchev–Trinajstić information content (AvgIpc) is 3.30. The topological polar surface area (TPSA) is 124 Å². The first-order valence-electron chi connectivity index (χ1n) is 9.52. The minimum atomic E-state index is -0.945. The molecule has 3 rings (SSSR count). The molecule has 0 saturated carbocycles. The van der Waals surface area contributed by atoms with E-state index in [2.05, 4.69) is 10.6 Å². The number of rotatable bonds is 9. The van der Waals surface area contributed by atoms with Gasteiger partial charge in [-0.15, -0.1) is 0 Å². The Bertz CT molecular complexity index is 1000. The number of nitro groups is 1. The van der Waals surface area contributed by atoms with Gasteiger partial charge in [-0.05, 0) is 23.3 Å². The van der Waals surface area contributed by atoms with E-state index in [0.717, 1.165) is 5.56 Å². The van der Waals surface area contributed by atoms with Crippen LogP contribution in [0.1, 0.15) is 16.9 Å². The highest BCUT2D eigenvalue weighted by Gasteiger charge is 2.22. The number of amides is 2. The van der Waals surface area contributed by atoms with E-state index in [1.807, 2.05) is 30.3 Å². The molecule has 0 fully saturated rings. The van der Waals surface area contributed by atoms with E-state index in [0.29, 0.717) is 11.3 Å². The Balaban J connectivity index is 1.64. The van der Waals surface area contributed by atoms with Crippen LogP contribution in [0.4, 0.5) is 10.5 Å². The van der Waals surface area contributed by atoms with E-state index in [-0.39, 0.29) is 25.3 Å². The summed E-state index contributed by atoms with van der Waals surface area (Å²) < 4.78 is 10.4. The van der Waals surface area contributed by atoms with Crippen molar-refractivity contribution >= 4 is 17.7 Å². The van der Waals surface area contributed by atoms with E-state index in [4.69, 9.17) is 9.15 Å². The maximum atomic E-state index is 12.7. The second-order valence-electron chi connectivity index (χ2n) is 6.68. The van der Waals surface area contributed by atoms with E-state index in [1.165, 1.54) is 18.4 Å². The number of ether oxygens (including phenoxy) is 1. The summed E-state index contributed by atoms with van der Waals surface area (Å²) in [5.74, 6) is 0.125. The summed E-state index contributed by atoms with van der Waals surface area (Å²) in [6.07, 6.45) is 0.876. The van der Waals surface area contributed by atoms with Crippen molar-refractivity contribution in [2.45, 2.75) is 25.6 Å². The third-order valence-electron chi connectivity index (χ3n) is 4.43. The molecule has 0 saturated heterocycles. The first-order chi connectivity index (χ1) is 15.0. The van der Waals surface area contributed by atoms with Gasteiger partial charge in [0.2, 0.25) is 5.91 Å². The SMILES string of the molecule is O=C(N[C@H](Cc1ccc([N+](=O)[O-])cc1)C(=O)NCc1ccco1)OCc1ccccc1. The normalized spacial score (nSPS) is 11.4. The van der Waals surface area contributed by atoms with Crippen LogP contribution in [0.3, 0.4) is 0 Å². The summed E-state index contributed by atoms with van der Waals surface area (Å²) in [7, 11) is 0. The number of furan rings is 1. The van der Waals surface area contributed by atoms with Crippen LogP contribution in [0.5, 0.6) is 0 Å². The summed E-state index contributed by atoms with van der Waals surface area (Å²) in [5.41, 5.74) is 1.40. The molecule has 0 bridgehead atoms. The molecule has 2 aromatic carbocycles. The number of hydrogen-bond donors (Lipinski definition) is 2. The maximum absolute atomic E-state index is 12.7. The lowest BCUT2D eigenvalue weighted by Crippen LogP contribution is -2.48. The molecule has 0 radical (unpaired) electrons. The number of nitrogens with zero attached hydrogens (tertiary/aromatic N) is 1. The standard InChI is InChI=1S/C22H21N3O6/c26-21(23-14-19-7-4-12-30-19)20(13-16-8-10-18(11-9-16)25(28)29)24-22(27)31-15-17-5-2-1-3-6-17/h1-12,20H,13-15H2,(H,23,26)(H,24,27)/t20-/m1/s1. The highest BCUT2D eigenvalue weighted by Crippen LogP contribution is 2.14. The highest BCUT2D eigenvalue weighted by molar-refractivity contribution is 5.85. The first-order valence-corrected chi connectivity index (χ1v) is 9.52. The largest absolute Gasteiger partial charge is 0.467 e. The van der Waals surface area contributed by atoms with Gasteiger partial charge in [0.25, 0.3) is 5.69 Å². The maximum Gasteiger partial charge on any atom is 0.408 e. The zero-order valence-corrected chi connectivity index (χ0v) is 16.5. The lowest BCUT2D eigenvalue weighted by atomic mass is 10.0. The fourth-order valence-electron chi connectivity index (χ4n) is 2.82. The van der Waals surface area contributed by atoms with Gasteiger partial charge in [-0.25, -0.2) is 4.79 Å². The molecule has 2 N–H and O–H groups in total. The average molecular weight is 423 g/mol. The van der Waals surface area contributed by atoms with Gasteiger partial charge >= 0.3 is 6.09 Å². The summed E-state index contributed by atoms with van der Waals surface area (Å²) in [6, 6.07) is 17.4. The Morgan fingerprint density at radius 3 is 2.39 bits per heavy atom. The Kier molecular flexibility index (Phi) is 7.36. The van der Waals surface area contributed by atoms with Crippen molar-refractivity contribution in [3.05, 3.63) is 100.0 Å². The van der Waals surface area contributed by atoms with Gasteiger partial charge in [0.05, 0.1) is 17.7 Å². The summed E-state index contributed by atoms with van der Waals surface area (Å²) in [6.45, 7) is 0.217. The van der Waals surface area contributed by atoms with Gasteiger partial charge in [-0.3, -0.25) is 14.9 Å². The predicted molar refractivity (Wildman–Crippen MR) is 111 cm³/mol. The summed E-state index contributed by atoms with van der Waals surface area (Å²) >= 11 is 0. The molecule has 1 aromatic heterocycles. The molecule has 3 aromatic rings.